The molecule has 0 radical (unpaired) electrons. The highest BCUT2D eigenvalue weighted by atomic mass is 16.2. The average Bonchev–Trinajstić information content (AvgIpc) is 3.02. The number of allylic oxidation sites excluding steroid dienone is 1. The highest BCUT2D eigenvalue weighted by Crippen LogP contribution is 2.31. The van der Waals surface area contributed by atoms with Gasteiger partial charge in [-0.25, -0.2) is 14.6 Å². The molecule has 3 aromatic rings. The van der Waals surface area contributed by atoms with Crippen LogP contribution in [-0.4, -0.2) is 19.7 Å². The molecule has 0 spiro atoms. The molecule has 0 fully saturated rings. The molecule has 130 valence electrons. The summed E-state index contributed by atoms with van der Waals surface area (Å²) in [6.07, 6.45) is 3.28. The Hall–Kier alpha value is -3.28. The molecule has 6 heteroatoms. The average molecular weight is 346 g/mol. The van der Waals surface area contributed by atoms with Crippen molar-refractivity contribution < 1.29 is 0 Å². The molecule has 0 unspecified atom stereocenters. The van der Waals surface area contributed by atoms with Crippen LogP contribution in [0.4, 0.5) is 0 Å². The van der Waals surface area contributed by atoms with Crippen LogP contribution in [-0.2, 0) is 6.42 Å². The quantitative estimate of drug-likeness (QED) is 0.723. The first-order chi connectivity index (χ1) is 12.5. The fourth-order valence-corrected chi connectivity index (χ4v) is 3.38. The number of hydrogen-bond acceptors (Lipinski definition) is 4. The van der Waals surface area contributed by atoms with Gasteiger partial charge in [0.2, 0.25) is 11.4 Å². The van der Waals surface area contributed by atoms with Gasteiger partial charge in [0, 0.05) is 17.0 Å². The Morgan fingerprint density at radius 2 is 1.73 bits per heavy atom. The van der Waals surface area contributed by atoms with Crippen LogP contribution in [0.25, 0.3) is 17.6 Å². The van der Waals surface area contributed by atoms with Crippen LogP contribution in [0.15, 0.2) is 46.0 Å². The molecule has 1 aromatic carbocycles. The Balaban J connectivity index is 1.99. The summed E-state index contributed by atoms with van der Waals surface area (Å²) in [6.45, 7) is 3.75. The van der Waals surface area contributed by atoms with Crippen molar-refractivity contribution in [3.8, 4) is 5.95 Å². The van der Waals surface area contributed by atoms with E-state index in [4.69, 9.17) is 0 Å². The molecule has 26 heavy (non-hydrogen) atoms. The van der Waals surface area contributed by atoms with E-state index in [1.807, 2.05) is 56.3 Å². The monoisotopic (exact) mass is 346 g/mol. The number of aromatic amines is 1. The molecule has 2 aromatic heterocycles. The molecule has 6 nitrogen and oxygen atoms in total. The smallest absolute Gasteiger partial charge is 0.283 e. The summed E-state index contributed by atoms with van der Waals surface area (Å²) in [5.74, 6) is 0.372. The summed E-state index contributed by atoms with van der Waals surface area (Å²) in [5.41, 5.74) is 3.73. The molecule has 1 aliphatic carbocycles. The maximum absolute atomic E-state index is 12.4. The normalized spacial score (nSPS) is 14.6. The molecule has 1 aliphatic rings. The van der Waals surface area contributed by atoms with Crippen molar-refractivity contribution in [2.24, 2.45) is 0 Å². The summed E-state index contributed by atoms with van der Waals surface area (Å²) in [4.78, 5) is 33.4. The lowest BCUT2D eigenvalue weighted by atomic mass is 10.1. The standard InChI is InChI=1S/C20H18N4O2/c1-12-10-13(2)22-20(21-12)24-17-15(11-14-6-4-3-5-7-14)8-9-16(17)18(25)19(26)23-24/h3-7,10-11H,8-9H2,1-2H3,(H,23,26)/b15-11+. The van der Waals surface area contributed by atoms with Gasteiger partial charge in [-0.2, -0.15) is 0 Å². The second-order valence-corrected chi connectivity index (χ2v) is 6.46. The van der Waals surface area contributed by atoms with E-state index in [1.54, 1.807) is 4.68 Å². The number of benzene rings is 1. The number of nitrogens with zero attached hydrogens (tertiary/aromatic N) is 3. The van der Waals surface area contributed by atoms with Gasteiger partial charge in [-0.15, -0.1) is 0 Å². The van der Waals surface area contributed by atoms with Crippen LogP contribution in [0.1, 0.15) is 34.6 Å². The third-order valence-electron chi connectivity index (χ3n) is 4.46. The molecule has 0 aliphatic heterocycles. The highest BCUT2D eigenvalue weighted by molar-refractivity contribution is 5.84. The van der Waals surface area contributed by atoms with Gasteiger partial charge in [0.25, 0.3) is 0 Å². The molecule has 1 N–H and O–H groups in total. The van der Waals surface area contributed by atoms with Crippen LogP contribution in [0.3, 0.4) is 0 Å². The lowest BCUT2D eigenvalue weighted by Gasteiger charge is -2.13. The Kier molecular flexibility index (Phi) is 3.88. The van der Waals surface area contributed by atoms with Crippen molar-refractivity contribution in [2.75, 3.05) is 0 Å². The number of hydrogen-bond donors (Lipinski definition) is 1. The zero-order valence-corrected chi connectivity index (χ0v) is 14.6. The Morgan fingerprint density at radius 1 is 1.04 bits per heavy atom. The predicted octanol–water partition coefficient (Wildman–Crippen LogP) is 2.42. The Morgan fingerprint density at radius 3 is 2.42 bits per heavy atom. The van der Waals surface area contributed by atoms with Gasteiger partial charge in [0.15, 0.2) is 0 Å². The number of nitrogens with one attached hydrogen (secondary N) is 1. The fraction of sp³-hybridized carbons (Fsp3) is 0.200. The lowest BCUT2D eigenvalue weighted by Crippen LogP contribution is -2.35. The maximum Gasteiger partial charge on any atom is 0.311 e. The van der Waals surface area contributed by atoms with E-state index in [9.17, 15) is 9.59 Å². The van der Waals surface area contributed by atoms with Gasteiger partial charge in [-0.3, -0.25) is 14.7 Å². The first-order valence-corrected chi connectivity index (χ1v) is 8.50. The Labute approximate surface area is 149 Å². The third-order valence-corrected chi connectivity index (χ3v) is 4.46. The van der Waals surface area contributed by atoms with Crippen LogP contribution in [0.2, 0.25) is 0 Å². The molecule has 0 amide bonds. The Bertz CT molecular complexity index is 1120. The maximum atomic E-state index is 12.4. The molecule has 0 atom stereocenters. The zero-order valence-electron chi connectivity index (χ0n) is 14.6. The number of H-pyrrole nitrogens is 1. The van der Waals surface area contributed by atoms with Crippen molar-refractivity contribution in [2.45, 2.75) is 26.7 Å². The predicted molar refractivity (Wildman–Crippen MR) is 100 cm³/mol. The van der Waals surface area contributed by atoms with Crippen LogP contribution in [0, 0.1) is 13.8 Å². The molecule has 0 saturated heterocycles. The minimum atomic E-state index is -0.646. The zero-order chi connectivity index (χ0) is 18.3. The molecule has 4 rings (SSSR count). The topological polar surface area (TPSA) is 80.6 Å². The third kappa shape index (κ3) is 2.79. The molecule has 2 heterocycles. The van der Waals surface area contributed by atoms with Crippen LogP contribution >= 0.6 is 0 Å². The van der Waals surface area contributed by atoms with Crippen molar-refractivity contribution in [3.63, 3.8) is 0 Å². The van der Waals surface area contributed by atoms with E-state index < -0.39 is 11.0 Å². The van der Waals surface area contributed by atoms with E-state index >= 15 is 0 Å². The molecule has 0 saturated carbocycles. The number of aromatic nitrogens is 4. The SMILES string of the molecule is Cc1cc(C)nc(-n2[nH]c(=O)c(=O)c3c2/C(=C/c2ccccc2)CC3)n1. The van der Waals surface area contributed by atoms with Crippen LogP contribution < -0.4 is 11.0 Å². The summed E-state index contributed by atoms with van der Waals surface area (Å²) < 4.78 is 1.56. The van der Waals surface area contributed by atoms with Crippen molar-refractivity contribution in [3.05, 3.63) is 85.2 Å². The summed E-state index contributed by atoms with van der Waals surface area (Å²) in [6, 6.07) is 11.8. The van der Waals surface area contributed by atoms with Gasteiger partial charge in [0.05, 0.1) is 5.69 Å². The number of fused-ring (bicyclic) bond motifs is 1. The fourth-order valence-electron chi connectivity index (χ4n) is 3.38. The van der Waals surface area contributed by atoms with Crippen molar-refractivity contribution >= 4 is 11.6 Å². The second kappa shape index (κ2) is 6.22. The number of rotatable bonds is 2. The van der Waals surface area contributed by atoms with Gasteiger partial charge in [0.1, 0.15) is 0 Å². The summed E-state index contributed by atoms with van der Waals surface area (Å²) in [7, 11) is 0. The minimum absolute atomic E-state index is 0.372. The first kappa shape index (κ1) is 16.2. The van der Waals surface area contributed by atoms with Gasteiger partial charge in [-0.05, 0) is 50.0 Å². The second-order valence-electron chi connectivity index (χ2n) is 6.46. The first-order valence-electron chi connectivity index (χ1n) is 8.50. The van der Waals surface area contributed by atoms with Crippen molar-refractivity contribution in [1.29, 1.82) is 0 Å². The largest absolute Gasteiger partial charge is 0.311 e. The van der Waals surface area contributed by atoms with E-state index in [1.165, 1.54) is 0 Å². The van der Waals surface area contributed by atoms with Gasteiger partial charge in [-0.1, -0.05) is 30.3 Å². The van der Waals surface area contributed by atoms with E-state index in [0.717, 1.165) is 22.5 Å². The summed E-state index contributed by atoms with van der Waals surface area (Å²) in [5, 5.41) is 2.65. The van der Waals surface area contributed by atoms with Gasteiger partial charge >= 0.3 is 5.56 Å². The molecular weight excluding hydrogens is 328 g/mol. The molecule has 0 bridgehead atoms. The van der Waals surface area contributed by atoms with Crippen molar-refractivity contribution in [1.82, 2.24) is 19.7 Å². The van der Waals surface area contributed by atoms with E-state index in [2.05, 4.69) is 15.1 Å². The van der Waals surface area contributed by atoms with E-state index in [0.29, 0.717) is 30.0 Å². The highest BCUT2D eigenvalue weighted by Gasteiger charge is 2.26. The van der Waals surface area contributed by atoms with Crippen LogP contribution in [0.5, 0.6) is 0 Å². The minimum Gasteiger partial charge on any atom is -0.283 e. The lowest BCUT2D eigenvalue weighted by molar-refractivity contribution is 0.734. The summed E-state index contributed by atoms with van der Waals surface area (Å²) >= 11 is 0. The van der Waals surface area contributed by atoms with E-state index in [-0.39, 0.29) is 0 Å². The molecular formula is C20H18N4O2. The van der Waals surface area contributed by atoms with Gasteiger partial charge < -0.3 is 0 Å². The number of aryl methyl sites for hydroxylation is 2.